The minimum atomic E-state index is -0.471. The average Bonchev–Trinajstić information content (AvgIpc) is 3.25. The van der Waals surface area contributed by atoms with E-state index in [1.807, 2.05) is 35.2 Å². The molecule has 0 aliphatic carbocycles. The summed E-state index contributed by atoms with van der Waals surface area (Å²) in [4.78, 5) is 36.8. The topological polar surface area (TPSA) is 68.9 Å². The number of aromatic nitrogens is 1. The highest BCUT2D eigenvalue weighted by Crippen LogP contribution is 2.42. The maximum absolute atomic E-state index is 13.7. The molecule has 0 spiro atoms. The number of para-hydroxylation sites is 1. The molecular formula is C27H30N4O3. The number of ether oxygens (including phenoxy) is 1. The van der Waals surface area contributed by atoms with Gasteiger partial charge in [0.25, 0.3) is 0 Å². The third-order valence-corrected chi connectivity index (χ3v) is 7.46. The summed E-state index contributed by atoms with van der Waals surface area (Å²) >= 11 is 0. The molecule has 2 saturated heterocycles. The van der Waals surface area contributed by atoms with Crippen molar-refractivity contribution in [3.05, 3.63) is 71.4 Å². The van der Waals surface area contributed by atoms with E-state index in [-0.39, 0.29) is 24.4 Å². The zero-order valence-corrected chi connectivity index (χ0v) is 19.3. The lowest BCUT2D eigenvalue weighted by Crippen LogP contribution is -2.63. The average molecular weight is 459 g/mol. The lowest BCUT2D eigenvalue weighted by Gasteiger charge is -2.47. The predicted octanol–water partition coefficient (Wildman–Crippen LogP) is 2.58. The molecule has 176 valence electrons. The van der Waals surface area contributed by atoms with Crippen molar-refractivity contribution in [3.63, 3.8) is 0 Å². The van der Waals surface area contributed by atoms with Crippen molar-refractivity contribution in [1.29, 1.82) is 0 Å². The molecule has 3 aliphatic rings. The fourth-order valence-corrected chi connectivity index (χ4v) is 5.80. The number of carbonyl (C=O) groups is 2. The van der Waals surface area contributed by atoms with Crippen LogP contribution in [0.2, 0.25) is 0 Å². The number of hydrogen-bond donors (Lipinski definition) is 1. The third kappa shape index (κ3) is 3.69. The van der Waals surface area contributed by atoms with Gasteiger partial charge < -0.3 is 19.5 Å². The van der Waals surface area contributed by atoms with Gasteiger partial charge in [-0.1, -0.05) is 48.5 Å². The summed E-state index contributed by atoms with van der Waals surface area (Å²) in [5.74, 6) is 0.0903. The number of nitrogens with one attached hydrogen (secondary N) is 1. The fraction of sp³-hybridized carbons (Fsp3) is 0.407. The summed E-state index contributed by atoms with van der Waals surface area (Å²) in [5.41, 5.74) is 4.27. The molecule has 1 N–H and O–H groups in total. The van der Waals surface area contributed by atoms with Crippen LogP contribution in [0.15, 0.2) is 54.6 Å². The van der Waals surface area contributed by atoms with Crippen molar-refractivity contribution >= 4 is 22.7 Å². The number of nitrogens with zero attached hydrogens (tertiary/aromatic N) is 3. The number of fused-ring (bicyclic) bond motifs is 4. The van der Waals surface area contributed by atoms with E-state index in [1.165, 1.54) is 0 Å². The number of rotatable bonds is 5. The molecule has 0 bridgehead atoms. The number of morpholine rings is 1. The smallest absolute Gasteiger partial charge is 0.246 e. The quantitative estimate of drug-likeness (QED) is 0.638. The van der Waals surface area contributed by atoms with Crippen molar-refractivity contribution in [3.8, 4) is 0 Å². The molecule has 7 nitrogen and oxygen atoms in total. The van der Waals surface area contributed by atoms with E-state index in [0.717, 1.165) is 67.0 Å². The highest BCUT2D eigenvalue weighted by atomic mass is 16.5. The van der Waals surface area contributed by atoms with Gasteiger partial charge >= 0.3 is 0 Å². The van der Waals surface area contributed by atoms with Crippen LogP contribution in [0.4, 0.5) is 0 Å². The summed E-state index contributed by atoms with van der Waals surface area (Å²) < 4.78 is 5.43. The SMILES string of the molecule is O=C1[C@H]2Cc3c([nH]c4ccccc34)[C@@H](c3ccccc3)N2C(=O)CN1CCCN1CCOCC1. The Hall–Kier alpha value is -3.16. The first-order chi connectivity index (χ1) is 16.7. The maximum Gasteiger partial charge on any atom is 0.246 e. The maximum atomic E-state index is 13.7. The molecule has 2 atom stereocenters. The highest BCUT2D eigenvalue weighted by molar-refractivity contribution is 5.97. The Bertz CT molecular complexity index is 1200. The molecule has 3 aromatic rings. The van der Waals surface area contributed by atoms with Crippen LogP contribution in [-0.2, 0) is 20.7 Å². The van der Waals surface area contributed by atoms with Crippen LogP contribution in [0.5, 0.6) is 0 Å². The lowest BCUT2D eigenvalue weighted by atomic mass is 9.86. The zero-order valence-electron chi connectivity index (χ0n) is 19.3. The summed E-state index contributed by atoms with van der Waals surface area (Å²) in [7, 11) is 0. The molecule has 6 rings (SSSR count). The lowest BCUT2D eigenvalue weighted by molar-refractivity contribution is -0.158. The minimum absolute atomic E-state index is 0.0223. The molecule has 34 heavy (non-hydrogen) atoms. The summed E-state index contributed by atoms with van der Waals surface area (Å²) in [5, 5.41) is 1.14. The second kappa shape index (κ2) is 8.89. The van der Waals surface area contributed by atoms with Gasteiger partial charge in [-0.15, -0.1) is 0 Å². The van der Waals surface area contributed by atoms with E-state index in [9.17, 15) is 9.59 Å². The molecule has 2 fully saturated rings. The van der Waals surface area contributed by atoms with Crippen molar-refractivity contribution < 1.29 is 14.3 Å². The summed E-state index contributed by atoms with van der Waals surface area (Å²) in [6, 6.07) is 17.5. The Kier molecular flexibility index (Phi) is 5.59. The van der Waals surface area contributed by atoms with Gasteiger partial charge in [0.15, 0.2) is 0 Å². The van der Waals surface area contributed by atoms with E-state index in [1.54, 1.807) is 4.90 Å². The van der Waals surface area contributed by atoms with Gasteiger partial charge in [0.2, 0.25) is 11.8 Å². The normalized spacial score (nSPS) is 23.3. The van der Waals surface area contributed by atoms with Crippen LogP contribution in [0.25, 0.3) is 10.9 Å². The van der Waals surface area contributed by atoms with Crippen LogP contribution in [0.1, 0.15) is 29.3 Å². The minimum Gasteiger partial charge on any atom is -0.379 e. The van der Waals surface area contributed by atoms with Gasteiger partial charge in [-0.25, -0.2) is 0 Å². The zero-order chi connectivity index (χ0) is 23.1. The molecule has 0 radical (unpaired) electrons. The van der Waals surface area contributed by atoms with Gasteiger partial charge in [0.05, 0.1) is 25.8 Å². The van der Waals surface area contributed by atoms with Crippen LogP contribution in [0, 0.1) is 0 Å². The monoisotopic (exact) mass is 458 g/mol. The Morgan fingerprint density at radius 2 is 1.71 bits per heavy atom. The van der Waals surface area contributed by atoms with Crippen LogP contribution in [-0.4, -0.2) is 83.5 Å². The second-order valence-corrected chi connectivity index (χ2v) is 9.46. The van der Waals surface area contributed by atoms with Gasteiger partial charge in [-0.2, -0.15) is 0 Å². The number of hydrogen-bond acceptors (Lipinski definition) is 4. The molecule has 3 aliphatic heterocycles. The first-order valence-corrected chi connectivity index (χ1v) is 12.2. The Labute approximate surface area is 199 Å². The summed E-state index contributed by atoms with van der Waals surface area (Å²) in [6.07, 6.45) is 1.42. The number of carbonyl (C=O) groups excluding carboxylic acids is 2. The van der Waals surface area contributed by atoms with Crippen LogP contribution >= 0.6 is 0 Å². The molecule has 0 unspecified atom stereocenters. The number of amides is 2. The third-order valence-electron chi connectivity index (χ3n) is 7.46. The molecular weight excluding hydrogens is 428 g/mol. The Morgan fingerprint density at radius 1 is 0.941 bits per heavy atom. The first kappa shape index (κ1) is 21.4. The van der Waals surface area contributed by atoms with E-state index in [0.29, 0.717) is 13.0 Å². The van der Waals surface area contributed by atoms with Gasteiger partial charge in [0.1, 0.15) is 6.04 Å². The Balaban J connectivity index is 1.30. The number of H-pyrrole nitrogens is 1. The highest BCUT2D eigenvalue weighted by Gasteiger charge is 2.48. The predicted molar refractivity (Wildman–Crippen MR) is 129 cm³/mol. The fourth-order valence-electron chi connectivity index (χ4n) is 5.80. The van der Waals surface area contributed by atoms with Crippen LogP contribution in [0.3, 0.4) is 0 Å². The number of piperazine rings is 1. The van der Waals surface area contributed by atoms with E-state index < -0.39 is 6.04 Å². The van der Waals surface area contributed by atoms with E-state index >= 15 is 0 Å². The molecule has 2 amide bonds. The van der Waals surface area contributed by atoms with Crippen molar-refractivity contribution in [2.24, 2.45) is 0 Å². The van der Waals surface area contributed by atoms with E-state index in [4.69, 9.17) is 4.74 Å². The van der Waals surface area contributed by atoms with Gasteiger partial charge in [-0.3, -0.25) is 14.5 Å². The number of aromatic amines is 1. The summed E-state index contributed by atoms with van der Waals surface area (Å²) in [6.45, 7) is 5.10. The van der Waals surface area contributed by atoms with Gasteiger partial charge in [0, 0.05) is 49.2 Å². The van der Waals surface area contributed by atoms with Crippen molar-refractivity contribution in [2.75, 3.05) is 45.9 Å². The second-order valence-electron chi connectivity index (χ2n) is 9.46. The molecule has 4 heterocycles. The molecule has 7 heteroatoms. The van der Waals surface area contributed by atoms with Crippen molar-refractivity contribution in [2.45, 2.75) is 24.9 Å². The van der Waals surface area contributed by atoms with Crippen molar-refractivity contribution in [1.82, 2.24) is 19.7 Å². The Morgan fingerprint density at radius 3 is 2.53 bits per heavy atom. The first-order valence-electron chi connectivity index (χ1n) is 12.2. The standard InChI is InChI=1S/C27H30N4O3/c32-24-18-30(12-6-11-29-13-15-34-16-14-29)27(33)23-17-21-20-9-4-5-10-22(20)28-25(21)26(31(23)24)19-7-2-1-3-8-19/h1-5,7-10,23,26,28H,6,11-18H2/t23-,26-/m1/s1. The molecule has 0 saturated carbocycles. The van der Waals surface area contributed by atoms with E-state index in [2.05, 4.69) is 34.1 Å². The largest absolute Gasteiger partial charge is 0.379 e. The molecule has 1 aromatic heterocycles. The molecule has 2 aromatic carbocycles. The number of benzene rings is 2. The van der Waals surface area contributed by atoms with Gasteiger partial charge in [-0.05, 0) is 23.6 Å². The van der Waals surface area contributed by atoms with Crippen LogP contribution < -0.4 is 0 Å².